The molecule has 0 spiro atoms. The second-order valence-electron chi connectivity index (χ2n) is 12.0. The Morgan fingerprint density at radius 3 is 1.97 bits per heavy atom. The van der Waals surface area contributed by atoms with Crippen LogP contribution in [0.1, 0.15) is 149 Å². The van der Waals surface area contributed by atoms with Crippen molar-refractivity contribution in [3.05, 3.63) is 0 Å². The van der Waals surface area contributed by atoms with Crippen LogP contribution in [0, 0.1) is 46.3 Å². The Kier molecular flexibility index (Phi) is 10.7. The molecule has 1 unspecified atom stereocenters. The molecule has 0 heterocycles. The maximum absolute atomic E-state index is 10.2. The van der Waals surface area contributed by atoms with Crippen molar-refractivity contribution in [2.75, 3.05) is 0 Å². The fraction of sp³-hybridized carbons (Fsp3) is 0.967. The Hall–Kier alpha value is -0.510. The fourth-order valence-corrected chi connectivity index (χ4v) is 7.78. The molecule has 0 aliphatic heterocycles. The van der Waals surface area contributed by atoms with Crippen LogP contribution >= 0.6 is 0 Å². The molecule has 0 bridgehead atoms. The zero-order valence-corrected chi connectivity index (χ0v) is 21.2. The van der Waals surface area contributed by atoms with Gasteiger partial charge in [-0.3, -0.25) is 0 Å². The van der Waals surface area contributed by atoms with Crippen molar-refractivity contribution < 1.29 is 0 Å². The van der Waals surface area contributed by atoms with Gasteiger partial charge in [-0.2, -0.15) is 5.26 Å². The van der Waals surface area contributed by atoms with Crippen molar-refractivity contribution >= 4 is 0 Å². The predicted molar refractivity (Wildman–Crippen MR) is 134 cm³/mol. The maximum atomic E-state index is 10.2. The highest BCUT2D eigenvalue weighted by molar-refractivity contribution is 5.09. The third kappa shape index (κ3) is 7.24. The van der Waals surface area contributed by atoms with E-state index in [1.54, 1.807) is 0 Å². The minimum atomic E-state index is 0.0554. The van der Waals surface area contributed by atoms with Crippen LogP contribution in [-0.2, 0) is 0 Å². The van der Waals surface area contributed by atoms with Crippen molar-refractivity contribution in [1.29, 1.82) is 5.26 Å². The largest absolute Gasteiger partial charge is 0.198 e. The minimum absolute atomic E-state index is 0.0554. The highest BCUT2D eigenvalue weighted by Crippen LogP contribution is 2.56. The lowest BCUT2D eigenvalue weighted by atomic mass is 9.53. The van der Waals surface area contributed by atoms with Crippen molar-refractivity contribution in [2.45, 2.75) is 149 Å². The first-order valence-electron chi connectivity index (χ1n) is 14.6. The summed E-state index contributed by atoms with van der Waals surface area (Å²) in [5, 5.41) is 10.2. The van der Waals surface area contributed by atoms with E-state index in [4.69, 9.17) is 0 Å². The van der Waals surface area contributed by atoms with E-state index in [2.05, 4.69) is 19.9 Å². The molecule has 0 aromatic heterocycles. The predicted octanol–water partition coefficient (Wildman–Crippen LogP) is 9.85. The molecule has 3 fully saturated rings. The lowest BCUT2D eigenvalue weighted by Gasteiger charge is -2.50. The molecule has 0 radical (unpaired) electrons. The Bertz CT molecular complexity index is 525. The fourth-order valence-electron chi connectivity index (χ4n) is 7.78. The second-order valence-corrected chi connectivity index (χ2v) is 12.0. The number of fused-ring (bicyclic) bond motifs is 1. The average Bonchev–Trinajstić information content (AvgIpc) is 2.81. The Labute approximate surface area is 195 Å². The van der Waals surface area contributed by atoms with Gasteiger partial charge in [0, 0.05) is 0 Å². The van der Waals surface area contributed by atoms with Gasteiger partial charge in [-0.25, -0.2) is 0 Å². The van der Waals surface area contributed by atoms with E-state index >= 15 is 0 Å². The third-order valence-electron chi connectivity index (χ3n) is 9.87. The molecule has 178 valence electrons. The van der Waals surface area contributed by atoms with Gasteiger partial charge >= 0.3 is 0 Å². The Morgan fingerprint density at radius 2 is 1.29 bits per heavy atom. The molecule has 0 saturated heterocycles. The third-order valence-corrected chi connectivity index (χ3v) is 9.87. The summed E-state index contributed by atoms with van der Waals surface area (Å²) in [6.07, 6.45) is 29.6. The summed E-state index contributed by atoms with van der Waals surface area (Å²) in [7, 11) is 0. The molecule has 31 heavy (non-hydrogen) atoms. The van der Waals surface area contributed by atoms with Crippen molar-refractivity contribution in [1.82, 2.24) is 0 Å². The second kappa shape index (κ2) is 13.3. The molecule has 0 aromatic carbocycles. The van der Waals surface area contributed by atoms with E-state index in [1.165, 1.54) is 135 Å². The quantitative estimate of drug-likeness (QED) is 0.284. The summed E-state index contributed by atoms with van der Waals surface area (Å²) in [4.78, 5) is 0. The normalized spacial score (nSPS) is 36.0. The standard InChI is InChI=1S/C30H53N/c1-3-5-7-9-11-12-25-14-17-27(18-15-25)28-20-21-30(24-31)23-26(13-10-8-6-4-2)16-19-29(30)22-28/h25-29H,3-23H2,1-2H3/t25?,26-,27?,28?,29-,30-/m1/s1. The number of unbranched alkanes of at least 4 members (excludes halogenated alkanes) is 7. The van der Waals surface area contributed by atoms with Crippen LogP contribution in [0.2, 0.25) is 0 Å². The van der Waals surface area contributed by atoms with Gasteiger partial charge in [0.05, 0.1) is 11.5 Å². The van der Waals surface area contributed by atoms with Gasteiger partial charge in [-0.15, -0.1) is 0 Å². The number of rotatable bonds is 12. The summed E-state index contributed by atoms with van der Waals surface area (Å²) in [5.41, 5.74) is 0.0554. The lowest BCUT2D eigenvalue weighted by molar-refractivity contribution is 0.0146. The molecule has 1 nitrogen and oxygen atoms in total. The van der Waals surface area contributed by atoms with Crippen molar-refractivity contribution in [3.8, 4) is 6.07 Å². The number of nitrogens with zero attached hydrogens (tertiary/aromatic N) is 1. The first kappa shape index (κ1) is 25.1. The smallest absolute Gasteiger partial charge is 0.0692 e. The topological polar surface area (TPSA) is 23.8 Å². The molecular weight excluding hydrogens is 374 g/mol. The molecule has 3 rings (SSSR count). The van der Waals surface area contributed by atoms with E-state index in [1.807, 2.05) is 0 Å². The summed E-state index contributed by atoms with van der Waals surface area (Å²) < 4.78 is 0. The molecule has 0 N–H and O–H groups in total. The van der Waals surface area contributed by atoms with Gasteiger partial charge < -0.3 is 0 Å². The average molecular weight is 428 g/mol. The zero-order valence-electron chi connectivity index (χ0n) is 21.2. The van der Waals surface area contributed by atoms with Crippen LogP contribution in [0.5, 0.6) is 0 Å². The maximum Gasteiger partial charge on any atom is 0.0692 e. The van der Waals surface area contributed by atoms with Crippen LogP contribution < -0.4 is 0 Å². The summed E-state index contributed by atoms with van der Waals surface area (Å²) >= 11 is 0. The first-order chi connectivity index (χ1) is 15.2. The SMILES string of the molecule is CCCCCCCC1CCC(C2CC[C@]3(C#N)C[C@H](CCCCCC)CC[C@@H]3C2)CC1. The lowest BCUT2D eigenvalue weighted by Crippen LogP contribution is -2.42. The molecule has 3 aliphatic rings. The van der Waals surface area contributed by atoms with Crippen LogP contribution in [0.3, 0.4) is 0 Å². The summed E-state index contributed by atoms with van der Waals surface area (Å²) in [5.74, 6) is 4.53. The molecule has 3 saturated carbocycles. The first-order valence-corrected chi connectivity index (χ1v) is 14.6. The van der Waals surface area contributed by atoms with Crippen molar-refractivity contribution in [3.63, 3.8) is 0 Å². The van der Waals surface area contributed by atoms with E-state index in [0.29, 0.717) is 0 Å². The van der Waals surface area contributed by atoms with E-state index in [-0.39, 0.29) is 5.41 Å². The van der Waals surface area contributed by atoms with Gasteiger partial charge in [0.1, 0.15) is 0 Å². The van der Waals surface area contributed by atoms with Gasteiger partial charge in [-0.05, 0) is 74.5 Å². The molecule has 3 aliphatic carbocycles. The Morgan fingerprint density at radius 1 is 0.677 bits per heavy atom. The van der Waals surface area contributed by atoms with Crippen LogP contribution in [0.15, 0.2) is 0 Å². The highest BCUT2D eigenvalue weighted by Gasteiger charge is 2.48. The molecule has 4 atom stereocenters. The molecule has 0 aromatic rings. The number of hydrogen-bond acceptors (Lipinski definition) is 1. The zero-order chi connectivity index (χ0) is 21.9. The van der Waals surface area contributed by atoms with Gasteiger partial charge in [0.25, 0.3) is 0 Å². The van der Waals surface area contributed by atoms with Gasteiger partial charge in [0.15, 0.2) is 0 Å². The van der Waals surface area contributed by atoms with E-state index < -0.39 is 0 Å². The minimum Gasteiger partial charge on any atom is -0.198 e. The molecule has 1 heteroatoms. The highest BCUT2D eigenvalue weighted by atomic mass is 14.5. The van der Waals surface area contributed by atoms with Crippen LogP contribution in [-0.4, -0.2) is 0 Å². The van der Waals surface area contributed by atoms with Gasteiger partial charge in [-0.1, -0.05) is 104 Å². The van der Waals surface area contributed by atoms with E-state index in [9.17, 15) is 5.26 Å². The monoisotopic (exact) mass is 427 g/mol. The molecule has 0 amide bonds. The Balaban J connectivity index is 1.39. The van der Waals surface area contributed by atoms with Crippen LogP contribution in [0.4, 0.5) is 0 Å². The number of nitriles is 1. The molecular formula is C30H53N. The van der Waals surface area contributed by atoms with Gasteiger partial charge in [0.2, 0.25) is 0 Å². The van der Waals surface area contributed by atoms with E-state index in [0.717, 1.165) is 29.6 Å². The van der Waals surface area contributed by atoms with Crippen molar-refractivity contribution in [2.24, 2.45) is 35.0 Å². The summed E-state index contributed by atoms with van der Waals surface area (Å²) in [6, 6.07) is 2.92. The number of hydrogen-bond donors (Lipinski definition) is 0. The summed E-state index contributed by atoms with van der Waals surface area (Å²) in [6.45, 7) is 4.61. The van der Waals surface area contributed by atoms with Crippen LogP contribution in [0.25, 0.3) is 0 Å².